The number of nitrogens with one attached hydrogen (secondary N) is 2. The fourth-order valence-corrected chi connectivity index (χ4v) is 3.33. The number of carbonyl (C=O) groups excluding carboxylic acids is 1. The molecule has 9 heteroatoms. The van der Waals surface area contributed by atoms with E-state index in [4.69, 9.17) is 9.47 Å². The second-order valence-electron chi connectivity index (χ2n) is 8.78. The van der Waals surface area contributed by atoms with Gasteiger partial charge in [-0.15, -0.1) is 0 Å². The average Bonchev–Trinajstić information content (AvgIpc) is 2.77. The summed E-state index contributed by atoms with van der Waals surface area (Å²) in [4.78, 5) is 29.6. The summed E-state index contributed by atoms with van der Waals surface area (Å²) in [6.45, 7) is 8.28. The molecule has 0 unspecified atom stereocenters. The molecule has 9 nitrogen and oxygen atoms in total. The molecule has 0 aliphatic rings. The first-order valence-corrected chi connectivity index (χ1v) is 11.1. The first-order valence-electron chi connectivity index (χ1n) is 11.1. The molecule has 0 aromatic carbocycles. The number of rotatable bonds is 10. The fraction of sp³-hybridized carbons (Fsp3) is 0.458. The number of fused-ring (bicyclic) bond motifs is 1. The van der Waals surface area contributed by atoms with Crippen LogP contribution in [0.25, 0.3) is 10.9 Å². The van der Waals surface area contributed by atoms with Crippen molar-refractivity contribution in [1.82, 2.24) is 19.9 Å². The molecule has 0 amide bonds. The SMILES string of the molecule is CCC[C@@H](CNc1ncc(CC(=O)OC(C)(C)C)cn1)Nc1ccc2ccnc(OC)c2n1. The Morgan fingerprint density at radius 3 is 2.55 bits per heavy atom. The number of carbonyl (C=O) groups is 1. The zero-order chi connectivity index (χ0) is 23.8. The van der Waals surface area contributed by atoms with Crippen molar-refractivity contribution >= 4 is 28.6 Å². The number of pyridine rings is 2. The lowest BCUT2D eigenvalue weighted by molar-refractivity contribution is -0.153. The number of aromatic nitrogens is 4. The van der Waals surface area contributed by atoms with Gasteiger partial charge in [-0.05, 0) is 45.4 Å². The molecule has 3 aromatic heterocycles. The first-order chi connectivity index (χ1) is 15.8. The monoisotopic (exact) mass is 452 g/mol. The molecular weight excluding hydrogens is 420 g/mol. The zero-order valence-corrected chi connectivity index (χ0v) is 19.9. The van der Waals surface area contributed by atoms with Crippen molar-refractivity contribution in [1.29, 1.82) is 0 Å². The molecule has 1 atom stereocenters. The molecule has 176 valence electrons. The highest BCUT2D eigenvalue weighted by atomic mass is 16.6. The van der Waals surface area contributed by atoms with E-state index in [2.05, 4.69) is 37.5 Å². The van der Waals surface area contributed by atoms with Gasteiger partial charge in [0, 0.05) is 42.1 Å². The molecule has 0 spiro atoms. The Morgan fingerprint density at radius 2 is 1.88 bits per heavy atom. The van der Waals surface area contributed by atoms with E-state index in [0.717, 1.165) is 29.6 Å². The molecule has 0 aliphatic heterocycles. The third-order valence-corrected chi connectivity index (χ3v) is 4.74. The molecule has 3 aromatic rings. The fourth-order valence-electron chi connectivity index (χ4n) is 3.33. The molecule has 0 radical (unpaired) electrons. The first kappa shape index (κ1) is 24.2. The maximum absolute atomic E-state index is 12.0. The van der Waals surface area contributed by atoms with Gasteiger partial charge in [-0.25, -0.2) is 19.9 Å². The van der Waals surface area contributed by atoms with Crippen molar-refractivity contribution in [2.24, 2.45) is 0 Å². The Kier molecular flexibility index (Phi) is 7.97. The molecule has 0 bridgehead atoms. The summed E-state index contributed by atoms with van der Waals surface area (Å²) in [5, 5.41) is 7.71. The smallest absolute Gasteiger partial charge is 0.310 e. The van der Waals surface area contributed by atoms with Crippen LogP contribution in [0.2, 0.25) is 0 Å². The van der Waals surface area contributed by atoms with Crippen molar-refractivity contribution in [3.63, 3.8) is 0 Å². The second kappa shape index (κ2) is 10.9. The van der Waals surface area contributed by atoms with Crippen LogP contribution < -0.4 is 15.4 Å². The van der Waals surface area contributed by atoms with Crippen LogP contribution in [-0.4, -0.2) is 51.2 Å². The number of ether oxygens (including phenoxy) is 2. The summed E-state index contributed by atoms with van der Waals surface area (Å²) >= 11 is 0. The standard InChI is InChI=1S/C24H32N6O3/c1-6-7-18(29-19-9-8-17-10-11-25-22(32-5)21(17)30-19)15-28-23-26-13-16(14-27-23)12-20(31)33-24(2,3)4/h8-11,13-14,18H,6-7,12,15H2,1-5H3,(H,29,30)(H,26,27,28)/t18-/m0/s1. The van der Waals surface area contributed by atoms with Gasteiger partial charge in [0.05, 0.1) is 13.5 Å². The minimum atomic E-state index is -0.512. The number of nitrogens with zero attached hydrogens (tertiary/aromatic N) is 4. The minimum Gasteiger partial charge on any atom is -0.479 e. The molecule has 0 fully saturated rings. The van der Waals surface area contributed by atoms with E-state index in [-0.39, 0.29) is 18.4 Å². The Hall–Kier alpha value is -3.49. The number of hydrogen-bond donors (Lipinski definition) is 2. The van der Waals surface area contributed by atoms with Crippen LogP contribution in [0, 0.1) is 0 Å². The van der Waals surface area contributed by atoms with Gasteiger partial charge in [-0.2, -0.15) is 0 Å². The largest absolute Gasteiger partial charge is 0.479 e. The van der Waals surface area contributed by atoms with E-state index in [1.165, 1.54) is 0 Å². The third-order valence-electron chi connectivity index (χ3n) is 4.74. The van der Waals surface area contributed by atoms with Gasteiger partial charge in [0.25, 0.3) is 0 Å². The molecule has 3 heterocycles. The molecule has 3 rings (SSSR count). The highest BCUT2D eigenvalue weighted by Crippen LogP contribution is 2.23. The Bertz CT molecular complexity index is 1070. The summed E-state index contributed by atoms with van der Waals surface area (Å²) in [7, 11) is 1.59. The molecule has 33 heavy (non-hydrogen) atoms. The molecule has 0 saturated carbocycles. The predicted octanol–water partition coefficient (Wildman–Crippen LogP) is 4.01. The van der Waals surface area contributed by atoms with Gasteiger partial charge in [0.1, 0.15) is 16.9 Å². The summed E-state index contributed by atoms with van der Waals surface area (Å²) in [6.07, 6.45) is 7.08. The minimum absolute atomic E-state index is 0.118. The van der Waals surface area contributed by atoms with Crippen molar-refractivity contribution in [2.75, 3.05) is 24.3 Å². The van der Waals surface area contributed by atoms with E-state index in [9.17, 15) is 4.79 Å². The van der Waals surface area contributed by atoms with Crippen molar-refractivity contribution in [3.05, 3.63) is 42.4 Å². The third kappa shape index (κ3) is 7.27. The lowest BCUT2D eigenvalue weighted by Gasteiger charge is -2.20. The highest BCUT2D eigenvalue weighted by molar-refractivity contribution is 5.84. The van der Waals surface area contributed by atoms with Crippen molar-refractivity contribution in [3.8, 4) is 5.88 Å². The quantitative estimate of drug-likeness (QED) is 0.441. The predicted molar refractivity (Wildman–Crippen MR) is 128 cm³/mol. The topological polar surface area (TPSA) is 111 Å². The van der Waals surface area contributed by atoms with Crippen LogP contribution in [0.1, 0.15) is 46.1 Å². The van der Waals surface area contributed by atoms with Crippen LogP contribution in [0.15, 0.2) is 36.8 Å². The van der Waals surface area contributed by atoms with Gasteiger partial charge in [-0.3, -0.25) is 4.79 Å². The van der Waals surface area contributed by atoms with E-state index < -0.39 is 5.60 Å². The normalized spacial score (nSPS) is 12.3. The summed E-state index contributed by atoms with van der Waals surface area (Å²) < 4.78 is 10.7. The molecule has 0 saturated heterocycles. The lowest BCUT2D eigenvalue weighted by atomic mass is 10.1. The number of esters is 1. The summed E-state index contributed by atoms with van der Waals surface area (Å²) in [5.74, 6) is 1.46. The van der Waals surface area contributed by atoms with Crippen LogP contribution in [-0.2, 0) is 16.0 Å². The second-order valence-corrected chi connectivity index (χ2v) is 8.78. The Morgan fingerprint density at radius 1 is 1.12 bits per heavy atom. The summed E-state index contributed by atoms with van der Waals surface area (Å²) in [5.41, 5.74) is 0.917. The van der Waals surface area contributed by atoms with E-state index in [0.29, 0.717) is 23.9 Å². The number of methoxy groups -OCH3 is 1. The summed E-state index contributed by atoms with van der Waals surface area (Å²) in [6, 6.07) is 5.97. The van der Waals surface area contributed by atoms with Crippen molar-refractivity contribution < 1.29 is 14.3 Å². The van der Waals surface area contributed by atoms with Gasteiger partial charge in [0.15, 0.2) is 0 Å². The number of hydrogen-bond acceptors (Lipinski definition) is 9. The average molecular weight is 453 g/mol. The molecule has 0 aliphatic carbocycles. The van der Waals surface area contributed by atoms with E-state index in [1.54, 1.807) is 25.7 Å². The maximum Gasteiger partial charge on any atom is 0.310 e. The van der Waals surface area contributed by atoms with Crippen LogP contribution >= 0.6 is 0 Å². The van der Waals surface area contributed by atoms with Crippen molar-refractivity contribution in [2.45, 2.75) is 58.6 Å². The van der Waals surface area contributed by atoms with Gasteiger partial charge in [-0.1, -0.05) is 13.3 Å². The van der Waals surface area contributed by atoms with E-state index >= 15 is 0 Å². The van der Waals surface area contributed by atoms with Gasteiger partial charge in [0.2, 0.25) is 11.8 Å². The van der Waals surface area contributed by atoms with Crippen LogP contribution in [0.4, 0.5) is 11.8 Å². The van der Waals surface area contributed by atoms with Crippen LogP contribution in [0.5, 0.6) is 5.88 Å². The van der Waals surface area contributed by atoms with Gasteiger partial charge < -0.3 is 20.1 Å². The highest BCUT2D eigenvalue weighted by Gasteiger charge is 2.17. The molecule has 2 N–H and O–H groups in total. The molecular formula is C24H32N6O3. The van der Waals surface area contributed by atoms with E-state index in [1.807, 2.05) is 39.0 Å². The van der Waals surface area contributed by atoms with Gasteiger partial charge >= 0.3 is 5.97 Å². The van der Waals surface area contributed by atoms with Crippen LogP contribution in [0.3, 0.4) is 0 Å². The lowest BCUT2D eigenvalue weighted by Crippen LogP contribution is -2.29. The Balaban J connectivity index is 1.60. The Labute approximate surface area is 194 Å². The number of anilines is 2. The maximum atomic E-state index is 12.0. The zero-order valence-electron chi connectivity index (χ0n) is 19.9.